The van der Waals surface area contributed by atoms with Crippen molar-refractivity contribution in [2.45, 2.75) is 24.8 Å². The zero-order valence-electron chi connectivity index (χ0n) is 21.0. The van der Waals surface area contributed by atoms with Crippen LogP contribution >= 0.6 is 0 Å². The summed E-state index contributed by atoms with van der Waals surface area (Å²) >= 11 is 0. The topological polar surface area (TPSA) is 95.6 Å². The molecule has 5 rings (SSSR count). The minimum absolute atomic E-state index is 0.153. The number of para-hydroxylation sites is 1. The molecule has 0 bridgehead atoms. The number of aryl methyl sites for hydroxylation is 1. The monoisotopic (exact) mass is 525 g/mol. The number of hydrogen-bond donors (Lipinski definition) is 2. The summed E-state index contributed by atoms with van der Waals surface area (Å²) in [6.07, 6.45) is 0. The van der Waals surface area contributed by atoms with E-state index in [-0.39, 0.29) is 22.4 Å². The molecule has 4 aromatic carbocycles. The van der Waals surface area contributed by atoms with Gasteiger partial charge in [-0.2, -0.15) is 0 Å². The Morgan fingerprint density at radius 2 is 1.53 bits per heavy atom. The first-order valence-electron chi connectivity index (χ1n) is 12.2. The van der Waals surface area contributed by atoms with Crippen molar-refractivity contribution in [3.63, 3.8) is 0 Å². The molecule has 1 aliphatic heterocycles. The highest BCUT2D eigenvalue weighted by atomic mass is 32.2. The van der Waals surface area contributed by atoms with Gasteiger partial charge in [0.1, 0.15) is 6.54 Å². The Hall–Kier alpha value is -4.43. The van der Waals surface area contributed by atoms with E-state index in [9.17, 15) is 18.0 Å². The maximum absolute atomic E-state index is 13.6. The van der Waals surface area contributed by atoms with E-state index in [4.69, 9.17) is 0 Å². The first-order chi connectivity index (χ1) is 18.3. The summed E-state index contributed by atoms with van der Waals surface area (Å²) < 4.78 is 28.2. The van der Waals surface area contributed by atoms with E-state index in [1.165, 1.54) is 0 Å². The Morgan fingerprint density at radius 1 is 0.842 bits per heavy atom. The lowest BCUT2D eigenvalue weighted by Crippen LogP contribution is -2.40. The summed E-state index contributed by atoms with van der Waals surface area (Å²) in [7, 11) is -3.98. The Morgan fingerprint density at radius 3 is 2.32 bits per heavy atom. The van der Waals surface area contributed by atoms with Crippen molar-refractivity contribution in [1.82, 2.24) is 5.32 Å². The third-order valence-electron chi connectivity index (χ3n) is 6.55. The molecular weight excluding hydrogens is 498 g/mol. The molecule has 0 saturated heterocycles. The van der Waals surface area contributed by atoms with Gasteiger partial charge in [-0.1, -0.05) is 72.3 Å². The highest BCUT2D eigenvalue weighted by Gasteiger charge is 2.36. The van der Waals surface area contributed by atoms with Crippen molar-refractivity contribution < 1.29 is 18.0 Å². The SMILES string of the molecule is Cc1ccc2c(c1)-c1ccccc1S(=O)(=O)N2CC(=O)Nc1ccccc1C(=O)NC(C)c1ccccc1. The zero-order valence-corrected chi connectivity index (χ0v) is 21.8. The largest absolute Gasteiger partial charge is 0.345 e. The van der Waals surface area contributed by atoms with Gasteiger partial charge in [-0.05, 0) is 49.7 Å². The van der Waals surface area contributed by atoms with Crippen LogP contribution in [-0.2, 0) is 14.8 Å². The molecule has 1 aliphatic rings. The lowest BCUT2D eigenvalue weighted by molar-refractivity contribution is -0.114. The number of hydrogen-bond acceptors (Lipinski definition) is 4. The van der Waals surface area contributed by atoms with Crippen molar-refractivity contribution in [1.29, 1.82) is 0 Å². The normalized spacial score (nSPS) is 14.1. The number of amides is 2. The summed E-state index contributed by atoms with van der Waals surface area (Å²) in [6.45, 7) is 3.37. The van der Waals surface area contributed by atoms with Crippen LogP contribution in [0.15, 0.2) is 102 Å². The molecule has 0 fully saturated rings. The maximum Gasteiger partial charge on any atom is 0.265 e. The van der Waals surface area contributed by atoms with Crippen molar-refractivity contribution in [3.8, 4) is 11.1 Å². The second-order valence-corrected chi connectivity index (χ2v) is 11.1. The van der Waals surface area contributed by atoms with Gasteiger partial charge < -0.3 is 10.6 Å². The second-order valence-electron chi connectivity index (χ2n) is 9.23. The van der Waals surface area contributed by atoms with Crippen molar-refractivity contribution in [3.05, 3.63) is 114 Å². The van der Waals surface area contributed by atoms with E-state index >= 15 is 0 Å². The average molecular weight is 526 g/mol. The van der Waals surface area contributed by atoms with Crippen molar-refractivity contribution in [2.24, 2.45) is 0 Å². The molecule has 192 valence electrons. The Labute approximate surface area is 222 Å². The molecule has 7 nitrogen and oxygen atoms in total. The van der Waals surface area contributed by atoms with E-state index in [0.29, 0.717) is 16.9 Å². The first-order valence-corrected chi connectivity index (χ1v) is 13.7. The average Bonchev–Trinajstić information content (AvgIpc) is 2.92. The van der Waals surface area contributed by atoms with Gasteiger partial charge in [0.25, 0.3) is 15.9 Å². The molecule has 2 N–H and O–H groups in total. The second kappa shape index (κ2) is 10.1. The van der Waals surface area contributed by atoms with E-state index in [1.54, 1.807) is 54.6 Å². The highest BCUT2D eigenvalue weighted by Crippen LogP contribution is 2.43. The van der Waals surface area contributed by atoms with E-state index in [0.717, 1.165) is 21.0 Å². The zero-order chi connectivity index (χ0) is 26.9. The minimum Gasteiger partial charge on any atom is -0.345 e. The molecule has 38 heavy (non-hydrogen) atoms. The quantitative estimate of drug-likeness (QED) is 0.357. The van der Waals surface area contributed by atoms with Crippen LogP contribution in [0, 0.1) is 6.92 Å². The van der Waals surface area contributed by atoms with Crippen LogP contribution in [-0.4, -0.2) is 26.8 Å². The summed E-state index contributed by atoms with van der Waals surface area (Å²) in [5, 5.41) is 5.70. The maximum atomic E-state index is 13.6. The molecule has 2 amide bonds. The van der Waals surface area contributed by atoms with Gasteiger partial charge in [0.2, 0.25) is 5.91 Å². The molecule has 0 aromatic heterocycles. The molecule has 0 aliphatic carbocycles. The number of nitrogens with one attached hydrogen (secondary N) is 2. The van der Waals surface area contributed by atoms with Crippen LogP contribution in [0.4, 0.5) is 11.4 Å². The molecule has 0 saturated carbocycles. The third kappa shape index (κ3) is 4.78. The third-order valence-corrected chi connectivity index (χ3v) is 8.36. The lowest BCUT2D eigenvalue weighted by Gasteiger charge is -2.32. The van der Waals surface area contributed by atoms with Crippen LogP contribution in [0.5, 0.6) is 0 Å². The molecule has 1 unspecified atom stereocenters. The Kier molecular flexibility index (Phi) is 6.73. The molecule has 0 spiro atoms. The number of rotatable bonds is 6. The smallest absolute Gasteiger partial charge is 0.265 e. The number of nitrogens with zero attached hydrogens (tertiary/aromatic N) is 1. The number of fused-ring (bicyclic) bond motifs is 3. The Bertz CT molecular complexity index is 1630. The minimum atomic E-state index is -3.98. The predicted octanol–water partition coefficient (Wildman–Crippen LogP) is 5.30. The van der Waals surface area contributed by atoms with Gasteiger partial charge in [-0.15, -0.1) is 0 Å². The lowest BCUT2D eigenvalue weighted by atomic mass is 10.0. The molecule has 1 atom stereocenters. The summed E-state index contributed by atoms with van der Waals surface area (Å²) in [4.78, 5) is 26.5. The van der Waals surface area contributed by atoms with Gasteiger partial charge in [-0.3, -0.25) is 13.9 Å². The fourth-order valence-corrected chi connectivity index (χ4v) is 6.27. The first kappa shape index (κ1) is 25.2. The van der Waals surface area contributed by atoms with Crippen LogP contribution in [0.2, 0.25) is 0 Å². The summed E-state index contributed by atoms with van der Waals surface area (Å²) in [5.74, 6) is -0.909. The van der Waals surface area contributed by atoms with Crippen LogP contribution < -0.4 is 14.9 Å². The van der Waals surface area contributed by atoms with Crippen molar-refractivity contribution >= 4 is 33.2 Å². The number of sulfonamides is 1. The number of anilines is 2. The Balaban J connectivity index is 1.39. The molecule has 4 aromatic rings. The van der Waals surface area contributed by atoms with Gasteiger partial charge in [0.05, 0.1) is 27.9 Å². The van der Waals surface area contributed by atoms with E-state index in [2.05, 4.69) is 10.6 Å². The number of carbonyl (C=O) groups is 2. The van der Waals surface area contributed by atoms with Crippen molar-refractivity contribution in [2.75, 3.05) is 16.2 Å². The highest BCUT2D eigenvalue weighted by molar-refractivity contribution is 7.93. The van der Waals surface area contributed by atoms with E-state index in [1.807, 2.05) is 56.3 Å². The fourth-order valence-electron chi connectivity index (χ4n) is 4.63. The number of benzene rings is 4. The van der Waals surface area contributed by atoms with Gasteiger partial charge in [0.15, 0.2) is 0 Å². The van der Waals surface area contributed by atoms with Crippen LogP contribution in [0.25, 0.3) is 11.1 Å². The summed E-state index contributed by atoms with van der Waals surface area (Å²) in [5.41, 5.74) is 4.31. The van der Waals surface area contributed by atoms with Crippen LogP contribution in [0.1, 0.15) is 34.5 Å². The molecule has 1 heterocycles. The summed E-state index contributed by atoms with van der Waals surface area (Å²) in [6, 6.07) is 28.2. The fraction of sp³-hybridized carbons (Fsp3) is 0.133. The van der Waals surface area contributed by atoms with Gasteiger partial charge in [0, 0.05) is 11.1 Å². The van der Waals surface area contributed by atoms with Crippen LogP contribution in [0.3, 0.4) is 0 Å². The predicted molar refractivity (Wildman–Crippen MR) is 149 cm³/mol. The van der Waals surface area contributed by atoms with Gasteiger partial charge in [-0.25, -0.2) is 8.42 Å². The molecular formula is C30H27N3O4S. The molecule has 8 heteroatoms. The standard InChI is InChI=1S/C30H27N3O4S/c1-20-16-17-27-25(18-20)23-12-7-9-15-28(23)38(36,37)33(27)19-29(34)32-26-14-8-6-13-24(26)30(35)31-21(2)22-10-4-3-5-11-22/h3-18,21H,19H2,1-2H3,(H,31,35)(H,32,34). The van der Waals surface area contributed by atoms with E-state index < -0.39 is 22.5 Å². The number of carbonyl (C=O) groups excluding carboxylic acids is 2. The molecule has 0 radical (unpaired) electrons. The van der Waals surface area contributed by atoms with Gasteiger partial charge >= 0.3 is 0 Å².